The van der Waals surface area contributed by atoms with E-state index in [0.717, 1.165) is 10.4 Å². The summed E-state index contributed by atoms with van der Waals surface area (Å²) in [5.74, 6) is 0.531. The number of thioether (sulfide) groups is 1. The molecule has 2 aromatic rings. The van der Waals surface area contributed by atoms with Gasteiger partial charge in [0.25, 0.3) is 0 Å². The fourth-order valence-electron chi connectivity index (χ4n) is 1.37. The first-order valence-corrected chi connectivity index (χ1v) is 5.54. The second kappa shape index (κ2) is 3.94. The first-order valence-electron chi connectivity index (χ1n) is 4.32. The Balaban J connectivity index is 2.76. The van der Waals surface area contributed by atoms with Gasteiger partial charge in [-0.05, 0) is 12.3 Å². The largest absolute Gasteiger partial charge is 0.504 e. The molecule has 0 aliphatic rings. The number of nitrogens with zero attached hydrogens (tertiary/aromatic N) is 2. The molecule has 0 aliphatic heterocycles. The number of hydrogen-bond acceptors (Lipinski definition) is 5. The number of phenols is 1. The lowest BCUT2D eigenvalue weighted by atomic mass is 10.2. The maximum Gasteiger partial charge on any atom is 0.161 e. The molecule has 0 amide bonds. The Morgan fingerprint density at radius 1 is 1.33 bits per heavy atom. The maximum absolute atomic E-state index is 9.58. The average molecular weight is 222 g/mol. The van der Waals surface area contributed by atoms with Gasteiger partial charge in [0, 0.05) is 11.5 Å². The van der Waals surface area contributed by atoms with Gasteiger partial charge in [0.05, 0.1) is 12.6 Å². The van der Waals surface area contributed by atoms with Gasteiger partial charge in [-0.2, -0.15) is 0 Å². The third-order valence-electron chi connectivity index (χ3n) is 2.09. The summed E-state index contributed by atoms with van der Waals surface area (Å²) in [7, 11) is 1.52. The van der Waals surface area contributed by atoms with E-state index in [0.29, 0.717) is 11.3 Å². The van der Waals surface area contributed by atoms with Gasteiger partial charge in [0.1, 0.15) is 11.4 Å². The van der Waals surface area contributed by atoms with Crippen molar-refractivity contribution in [3.63, 3.8) is 0 Å². The van der Waals surface area contributed by atoms with Gasteiger partial charge in [-0.3, -0.25) is 0 Å². The van der Waals surface area contributed by atoms with Gasteiger partial charge in [-0.25, -0.2) is 9.97 Å². The van der Waals surface area contributed by atoms with Crippen LogP contribution in [0.5, 0.6) is 11.5 Å². The van der Waals surface area contributed by atoms with Crippen molar-refractivity contribution in [2.45, 2.75) is 5.03 Å². The summed E-state index contributed by atoms with van der Waals surface area (Å²) >= 11 is 1.54. The summed E-state index contributed by atoms with van der Waals surface area (Å²) in [5.41, 5.74) is 0.715. The van der Waals surface area contributed by atoms with E-state index >= 15 is 0 Å². The minimum atomic E-state index is 0.0933. The van der Waals surface area contributed by atoms with Crippen molar-refractivity contribution in [1.29, 1.82) is 0 Å². The quantitative estimate of drug-likeness (QED) is 0.622. The molecule has 5 heteroatoms. The van der Waals surface area contributed by atoms with E-state index < -0.39 is 0 Å². The van der Waals surface area contributed by atoms with E-state index in [1.54, 1.807) is 12.1 Å². The van der Waals surface area contributed by atoms with Crippen molar-refractivity contribution in [2.75, 3.05) is 13.4 Å². The third-order valence-corrected chi connectivity index (χ3v) is 2.80. The zero-order chi connectivity index (χ0) is 10.8. The van der Waals surface area contributed by atoms with Crippen LogP contribution in [-0.4, -0.2) is 28.4 Å². The van der Waals surface area contributed by atoms with Gasteiger partial charge in [0.2, 0.25) is 0 Å². The van der Waals surface area contributed by atoms with E-state index in [1.165, 1.54) is 25.2 Å². The number of methoxy groups -OCH3 is 1. The molecule has 0 spiro atoms. The third kappa shape index (κ3) is 1.70. The second-order valence-electron chi connectivity index (χ2n) is 2.92. The highest BCUT2D eigenvalue weighted by Gasteiger charge is 2.08. The second-order valence-corrected chi connectivity index (χ2v) is 3.72. The summed E-state index contributed by atoms with van der Waals surface area (Å²) in [6, 6.07) is 3.33. The van der Waals surface area contributed by atoms with Crippen molar-refractivity contribution in [1.82, 2.24) is 9.97 Å². The monoisotopic (exact) mass is 222 g/mol. The van der Waals surface area contributed by atoms with Gasteiger partial charge in [0.15, 0.2) is 11.5 Å². The van der Waals surface area contributed by atoms with Crippen LogP contribution < -0.4 is 4.74 Å². The molecular formula is C10H10N2O2S. The van der Waals surface area contributed by atoms with Crippen molar-refractivity contribution in [2.24, 2.45) is 0 Å². The standard InChI is InChI=1S/C10H10N2O2S/c1-14-9-3-6-7(4-8(9)13)11-5-12-10(6)15-2/h3-5,13H,1-2H3. The zero-order valence-electron chi connectivity index (χ0n) is 8.39. The van der Waals surface area contributed by atoms with Crippen LogP contribution in [0, 0.1) is 0 Å². The van der Waals surface area contributed by atoms with E-state index in [1.807, 2.05) is 6.26 Å². The minimum Gasteiger partial charge on any atom is -0.504 e. The van der Waals surface area contributed by atoms with Gasteiger partial charge in [-0.15, -0.1) is 11.8 Å². The molecule has 0 saturated heterocycles. The SMILES string of the molecule is COc1cc2c(SC)ncnc2cc1O. The first-order chi connectivity index (χ1) is 7.26. The molecule has 0 fully saturated rings. The van der Waals surface area contributed by atoms with E-state index in [9.17, 15) is 5.11 Å². The predicted molar refractivity (Wildman–Crippen MR) is 59.5 cm³/mol. The Bertz CT molecular complexity index is 502. The first kappa shape index (κ1) is 10.0. The van der Waals surface area contributed by atoms with Crippen LogP contribution in [0.3, 0.4) is 0 Å². The highest BCUT2D eigenvalue weighted by atomic mass is 32.2. The molecule has 2 rings (SSSR count). The molecular weight excluding hydrogens is 212 g/mol. The summed E-state index contributed by atoms with van der Waals surface area (Å²) < 4.78 is 5.04. The Morgan fingerprint density at radius 2 is 2.13 bits per heavy atom. The van der Waals surface area contributed by atoms with E-state index in [2.05, 4.69) is 9.97 Å². The number of benzene rings is 1. The Hall–Kier alpha value is -1.49. The van der Waals surface area contributed by atoms with Gasteiger partial charge >= 0.3 is 0 Å². The summed E-state index contributed by atoms with van der Waals surface area (Å²) in [6.45, 7) is 0. The Kier molecular flexibility index (Phi) is 2.64. The van der Waals surface area contributed by atoms with Crippen LogP contribution in [0.15, 0.2) is 23.5 Å². The lowest BCUT2D eigenvalue weighted by Crippen LogP contribution is -1.89. The Labute approximate surface area is 91.3 Å². The number of ether oxygens (including phenoxy) is 1. The molecule has 0 aliphatic carbocycles. The molecule has 1 aromatic carbocycles. The van der Waals surface area contributed by atoms with Crippen LogP contribution in [0.1, 0.15) is 0 Å². The van der Waals surface area contributed by atoms with Crippen molar-refractivity contribution in [3.8, 4) is 11.5 Å². The van der Waals surface area contributed by atoms with E-state index in [-0.39, 0.29) is 5.75 Å². The molecule has 1 heterocycles. The molecule has 78 valence electrons. The number of rotatable bonds is 2. The van der Waals surface area contributed by atoms with Crippen LogP contribution in [-0.2, 0) is 0 Å². The van der Waals surface area contributed by atoms with Crippen LogP contribution in [0.25, 0.3) is 10.9 Å². The highest BCUT2D eigenvalue weighted by Crippen LogP contribution is 2.33. The molecule has 1 N–H and O–H groups in total. The molecule has 15 heavy (non-hydrogen) atoms. The van der Waals surface area contributed by atoms with Crippen molar-refractivity contribution >= 4 is 22.7 Å². The van der Waals surface area contributed by atoms with Crippen LogP contribution in [0.2, 0.25) is 0 Å². The maximum atomic E-state index is 9.58. The average Bonchev–Trinajstić information content (AvgIpc) is 2.27. The van der Waals surface area contributed by atoms with Crippen molar-refractivity contribution < 1.29 is 9.84 Å². The molecule has 0 radical (unpaired) electrons. The molecule has 0 bridgehead atoms. The molecule has 4 nitrogen and oxygen atoms in total. The fraction of sp³-hybridized carbons (Fsp3) is 0.200. The van der Waals surface area contributed by atoms with Crippen molar-refractivity contribution in [3.05, 3.63) is 18.5 Å². The predicted octanol–water partition coefficient (Wildman–Crippen LogP) is 2.07. The topological polar surface area (TPSA) is 55.2 Å². The molecule has 0 saturated carbocycles. The van der Waals surface area contributed by atoms with Crippen LogP contribution >= 0.6 is 11.8 Å². The smallest absolute Gasteiger partial charge is 0.161 e. The van der Waals surface area contributed by atoms with Crippen LogP contribution in [0.4, 0.5) is 0 Å². The molecule has 0 unspecified atom stereocenters. The normalized spacial score (nSPS) is 10.5. The molecule has 0 atom stereocenters. The fourth-order valence-corrected chi connectivity index (χ4v) is 1.91. The minimum absolute atomic E-state index is 0.0933. The summed E-state index contributed by atoms with van der Waals surface area (Å²) in [4.78, 5) is 8.23. The highest BCUT2D eigenvalue weighted by molar-refractivity contribution is 7.98. The Morgan fingerprint density at radius 3 is 2.80 bits per heavy atom. The zero-order valence-corrected chi connectivity index (χ0v) is 9.21. The number of aromatic nitrogens is 2. The molecule has 1 aromatic heterocycles. The number of hydrogen-bond donors (Lipinski definition) is 1. The van der Waals surface area contributed by atoms with Gasteiger partial charge in [-0.1, -0.05) is 0 Å². The lowest BCUT2D eigenvalue weighted by Gasteiger charge is -2.06. The summed E-state index contributed by atoms with van der Waals surface area (Å²) in [5, 5.41) is 11.3. The number of fused-ring (bicyclic) bond motifs is 1. The van der Waals surface area contributed by atoms with Gasteiger partial charge < -0.3 is 9.84 Å². The van der Waals surface area contributed by atoms with E-state index in [4.69, 9.17) is 4.74 Å². The number of aromatic hydroxyl groups is 1. The number of phenolic OH excluding ortho intramolecular Hbond substituents is 1. The lowest BCUT2D eigenvalue weighted by molar-refractivity contribution is 0.374. The summed E-state index contributed by atoms with van der Waals surface area (Å²) in [6.07, 6.45) is 3.43.